The van der Waals surface area contributed by atoms with Crippen molar-refractivity contribution < 1.29 is 44.8 Å². The Kier molecular flexibility index (Phi) is 16.9. The summed E-state index contributed by atoms with van der Waals surface area (Å²) in [5.74, 6) is 4.98. The molecule has 0 saturated carbocycles. The van der Waals surface area contributed by atoms with Gasteiger partial charge >= 0.3 is 44.8 Å². The average molecular weight is 1210 g/mol. The molecule has 0 spiro atoms. The van der Waals surface area contributed by atoms with Crippen LogP contribution in [0.1, 0.15) is 11.1 Å². The molecule has 0 aliphatic carbocycles. The predicted octanol–water partition coefficient (Wildman–Crippen LogP) is 12.7. The minimum atomic E-state index is -0.783. The molecule has 0 nitrogen and oxygen atoms in total. The smallest absolute Gasteiger partial charge is 0.366 e. The Labute approximate surface area is 395 Å². The number of hydrogen-bond acceptors (Lipinski definition) is 2. The molecule has 0 aliphatic rings. The first-order chi connectivity index (χ1) is 28.7. The molecular weight excluding hydrogens is 1170 g/mol. The van der Waals surface area contributed by atoms with Gasteiger partial charge in [0.25, 0.3) is 0 Å². The molecule has 0 bridgehead atoms. The Morgan fingerprint density at radius 3 is 0.933 bits per heavy atom. The number of rotatable bonds is 7. The molecule has 0 unspecified atom stereocenters. The molecule has 0 radical (unpaired) electrons. The monoisotopic (exact) mass is 1210 g/mol. The predicted molar refractivity (Wildman–Crippen MR) is 262 cm³/mol. The summed E-state index contributed by atoms with van der Waals surface area (Å²) in [5.41, 5.74) is 1.77. The van der Waals surface area contributed by atoms with Crippen molar-refractivity contribution in [2.24, 2.45) is 0 Å². The van der Waals surface area contributed by atoms with E-state index in [2.05, 4.69) is 182 Å². The average Bonchev–Trinajstić information content (AvgIpc) is 3.88. The van der Waals surface area contributed by atoms with Crippen LogP contribution in [0.2, 0.25) is 0 Å². The summed E-state index contributed by atoms with van der Waals surface area (Å²) in [5, 5.41) is 11.1. The molecule has 2 heterocycles. The zero-order chi connectivity index (χ0) is 39.5. The third-order valence-electron chi connectivity index (χ3n) is 10.2. The number of fused-ring (bicyclic) bond motifs is 6. The van der Waals surface area contributed by atoms with Crippen LogP contribution in [0.25, 0.3) is 40.3 Å². The fourth-order valence-electron chi connectivity index (χ4n) is 7.41. The van der Waals surface area contributed by atoms with Crippen molar-refractivity contribution in [1.82, 2.24) is 0 Å². The summed E-state index contributed by atoms with van der Waals surface area (Å²) in [6, 6.07) is 73.2. The molecule has 8 aromatic carbocycles. The van der Waals surface area contributed by atoms with Crippen molar-refractivity contribution in [2.75, 3.05) is 12.3 Å². The van der Waals surface area contributed by atoms with E-state index < -0.39 is 15.8 Å². The number of thiophene rings is 2. The summed E-state index contributed by atoms with van der Waals surface area (Å²) in [7, 11) is -1.57. The Hall–Kier alpha value is -4.34. The van der Waals surface area contributed by atoms with Gasteiger partial charge in [0.2, 0.25) is 0 Å². The maximum Gasteiger partial charge on any atom is 1.00 e. The zero-order valence-electron chi connectivity index (χ0n) is 32.5. The van der Waals surface area contributed by atoms with Gasteiger partial charge in [-0.3, -0.25) is 11.8 Å². The molecule has 6 heteroatoms. The van der Waals surface area contributed by atoms with Crippen LogP contribution in [0.4, 0.5) is 0 Å². The Morgan fingerprint density at radius 2 is 0.617 bits per heavy atom. The van der Waals surface area contributed by atoms with Crippen LogP contribution in [0.5, 0.6) is 0 Å². The van der Waals surface area contributed by atoms with E-state index in [4.69, 9.17) is 12.8 Å². The van der Waals surface area contributed by atoms with Crippen LogP contribution in [0.3, 0.4) is 0 Å². The molecule has 0 atom stereocenters. The third kappa shape index (κ3) is 10.6. The summed E-state index contributed by atoms with van der Waals surface area (Å²) >= 11 is 3.46. The van der Waals surface area contributed by atoms with Gasteiger partial charge in [-0.2, -0.15) is 22.7 Å². The van der Waals surface area contributed by atoms with Gasteiger partial charge in [0, 0.05) is 9.40 Å². The molecule has 0 aliphatic heterocycles. The molecule has 10 rings (SSSR count). The van der Waals surface area contributed by atoms with Crippen molar-refractivity contribution in [3.63, 3.8) is 0 Å². The quantitative estimate of drug-likeness (QED) is 0.0646. The second-order valence-corrected chi connectivity index (χ2v) is 21.1. The molecular formula is C54H40Au2P2S2+2. The van der Waals surface area contributed by atoms with E-state index in [1.165, 1.54) is 64.5 Å². The van der Waals surface area contributed by atoms with E-state index in [1.807, 2.05) is 36.4 Å². The number of benzene rings is 8. The van der Waals surface area contributed by atoms with Gasteiger partial charge in [0.05, 0.1) is 37.1 Å². The minimum absolute atomic E-state index is 0. The first-order valence-electron chi connectivity index (χ1n) is 19.3. The summed E-state index contributed by atoms with van der Waals surface area (Å²) < 4.78 is 4.87. The van der Waals surface area contributed by atoms with Crippen LogP contribution < -0.4 is 21.2 Å². The normalized spacial score (nSPS) is 10.5. The van der Waals surface area contributed by atoms with Crippen LogP contribution in [-0.2, 0) is 44.8 Å². The second kappa shape index (κ2) is 22.5. The third-order valence-corrected chi connectivity index (χ3v) is 18.8. The van der Waals surface area contributed by atoms with Gasteiger partial charge in [-0.25, -0.2) is 0 Å². The minimum Gasteiger partial charge on any atom is -0.366 e. The first-order valence-corrected chi connectivity index (χ1v) is 24.4. The van der Waals surface area contributed by atoms with Crippen LogP contribution in [0.15, 0.2) is 206 Å². The van der Waals surface area contributed by atoms with Crippen molar-refractivity contribution in [3.8, 4) is 11.8 Å². The molecule has 2 aromatic heterocycles. The maximum absolute atomic E-state index is 7.26. The Balaban J connectivity index is 0.000000160. The molecule has 10 aromatic rings. The van der Waals surface area contributed by atoms with E-state index in [0.29, 0.717) is 0 Å². The fraction of sp³-hybridized carbons (Fsp3) is 0.0370. The van der Waals surface area contributed by atoms with E-state index in [1.54, 1.807) is 22.7 Å². The zero-order valence-corrected chi connectivity index (χ0v) is 40.4. The fourth-order valence-corrected chi connectivity index (χ4v) is 16.0. The maximum atomic E-state index is 7.26. The molecule has 298 valence electrons. The van der Waals surface area contributed by atoms with Gasteiger partial charge in [-0.1, -0.05) is 133 Å². The van der Waals surface area contributed by atoms with Gasteiger partial charge < -0.3 is 12.8 Å². The molecule has 0 fully saturated rings. The summed E-state index contributed by atoms with van der Waals surface area (Å²) in [4.78, 5) is 0. The van der Waals surface area contributed by atoms with Gasteiger partial charge in [-0.15, -0.1) is 23.3 Å². The largest absolute Gasteiger partial charge is 1.00 e. The number of hydrogen-bond donors (Lipinski definition) is 0. The SMILES string of the molecule is [Au+].[Au+].[C-]#Cc1cccc2c1sc1ccccc12.[C-]#Cc1cccc2c1sc1ccccc12.c1ccc([PH+](CC[PH+](c2ccccc2)c2ccccc2)c2ccccc2)cc1. The standard InChI is InChI=1S/C26H24P2.2C14H7S.2Au/c1-5-13-23(14-6-1)27(24-15-7-2-8-16-24)21-22-28(25-17-9-3-10-18-25)26-19-11-4-12-20-26;2*1-2-10-6-5-8-12-11-7-3-4-9-13(11)15-14(10)12;;/h1-20H,21-22H2;2*3-9H;;/q;2*-1;2*+1/p+2. The van der Waals surface area contributed by atoms with E-state index in [0.717, 1.165) is 20.5 Å². The van der Waals surface area contributed by atoms with Crippen LogP contribution in [0, 0.1) is 24.7 Å². The van der Waals surface area contributed by atoms with Crippen molar-refractivity contribution in [2.45, 2.75) is 0 Å². The van der Waals surface area contributed by atoms with Gasteiger partial charge in [0.1, 0.15) is 12.3 Å². The van der Waals surface area contributed by atoms with Crippen molar-refractivity contribution in [1.29, 1.82) is 0 Å². The molecule has 0 saturated heterocycles. The van der Waals surface area contributed by atoms with Gasteiger partial charge in [-0.05, 0) is 91.6 Å². The Morgan fingerprint density at radius 1 is 0.333 bits per heavy atom. The molecule has 0 N–H and O–H groups in total. The first kappa shape index (κ1) is 45.2. The summed E-state index contributed by atoms with van der Waals surface area (Å²) in [6.07, 6.45) is 17.0. The van der Waals surface area contributed by atoms with Gasteiger partial charge in [0.15, 0.2) is 0 Å². The van der Waals surface area contributed by atoms with Crippen molar-refractivity contribution >= 4 is 100 Å². The second-order valence-electron chi connectivity index (χ2n) is 13.7. The van der Waals surface area contributed by atoms with E-state index >= 15 is 0 Å². The van der Waals surface area contributed by atoms with Crippen LogP contribution >= 0.6 is 38.5 Å². The van der Waals surface area contributed by atoms with Crippen LogP contribution in [-0.4, -0.2) is 12.3 Å². The molecule has 60 heavy (non-hydrogen) atoms. The van der Waals surface area contributed by atoms with Crippen molar-refractivity contribution in [3.05, 3.63) is 230 Å². The van der Waals surface area contributed by atoms with E-state index in [9.17, 15) is 0 Å². The molecule has 0 amide bonds. The van der Waals surface area contributed by atoms with E-state index in [-0.39, 0.29) is 44.8 Å². The summed E-state index contributed by atoms with van der Waals surface area (Å²) in [6.45, 7) is 0. The topological polar surface area (TPSA) is 0 Å². The Bertz CT molecular complexity index is 2700.